The molecule has 0 N–H and O–H groups in total. The largest absolute Gasteiger partial charge is 0.298 e. The van der Waals surface area contributed by atoms with Crippen molar-refractivity contribution in [1.29, 1.82) is 0 Å². The second-order valence-electron chi connectivity index (χ2n) is 4.19. The number of hydrogen-bond acceptors (Lipinski definition) is 3. The second-order valence-corrected chi connectivity index (χ2v) is 4.54. The van der Waals surface area contributed by atoms with E-state index in [1.165, 1.54) is 0 Å². The molecule has 0 amide bonds. The highest BCUT2D eigenvalue weighted by Gasteiger charge is 2.30. The van der Waals surface area contributed by atoms with Gasteiger partial charge in [0.05, 0.1) is 17.3 Å². The summed E-state index contributed by atoms with van der Waals surface area (Å²) < 4.78 is 3.43. The Bertz CT molecular complexity index is 582. The summed E-state index contributed by atoms with van der Waals surface area (Å²) in [5.74, 6) is 0. The number of carbonyl (C=O) groups is 1. The Hall–Kier alpha value is -1.62. The van der Waals surface area contributed by atoms with Gasteiger partial charge < -0.3 is 0 Å². The fraction of sp³-hybridized carbons (Fsp3) is 0.364. The third kappa shape index (κ3) is 1.58. The third-order valence-corrected chi connectivity index (χ3v) is 3.34. The number of aromatic nitrogens is 4. The van der Waals surface area contributed by atoms with Crippen LogP contribution in [0.3, 0.4) is 0 Å². The van der Waals surface area contributed by atoms with Crippen molar-refractivity contribution in [2.75, 3.05) is 0 Å². The van der Waals surface area contributed by atoms with E-state index in [1.54, 1.807) is 15.6 Å². The molecule has 3 rings (SSSR count). The number of aldehydes is 1. The van der Waals surface area contributed by atoms with Gasteiger partial charge in [0.2, 0.25) is 0 Å². The van der Waals surface area contributed by atoms with Crippen molar-refractivity contribution in [3.63, 3.8) is 0 Å². The van der Waals surface area contributed by atoms with Crippen LogP contribution in [0.4, 0.5) is 0 Å². The lowest BCUT2D eigenvalue weighted by Crippen LogP contribution is -1.98. The van der Waals surface area contributed by atoms with Gasteiger partial charge in [0.1, 0.15) is 10.8 Å². The minimum atomic E-state index is 0.350. The van der Waals surface area contributed by atoms with Gasteiger partial charge in [0.25, 0.3) is 0 Å². The van der Waals surface area contributed by atoms with Gasteiger partial charge in [-0.15, -0.1) is 0 Å². The van der Waals surface area contributed by atoms with Crippen LogP contribution >= 0.6 is 11.6 Å². The molecule has 1 aliphatic rings. The summed E-state index contributed by atoms with van der Waals surface area (Å²) in [5.41, 5.74) is 1.85. The van der Waals surface area contributed by atoms with Crippen molar-refractivity contribution in [1.82, 2.24) is 19.6 Å². The van der Waals surface area contributed by atoms with Crippen molar-refractivity contribution < 1.29 is 4.79 Å². The van der Waals surface area contributed by atoms with E-state index in [9.17, 15) is 4.79 Å². The van der Waals surface area contributed by atoms with Gasteiger partial charge in [-0.05, 0) is 18.9 Å². The van der Waals surface area contributed by atoms with E-state index in [-0.39, 0.29) is 0 Å². The lowest BCUT2D eigenvalue weighted by atomic mass is 10.2. The molecule has 2 aromatic heterocycles. The molecule has 17 heavy (non-hydrogen) atoms. The standard InChI is InChI=1S/C11H11ClN4O/c1-15-9(4-5-13-15)10-8(6-17)11(12)16(14-10)7-2-3-7/h4-7H,2-3H2,1H3. The average molecular weight is 251 g/mol. The van der Waals surface area contributed by atoms with Crippen molar-refractivity contribution in [2.24, 2.45) is 7.05 Å². The summed E-state index contributed by atoms with van der Waals surface area (Å²) in [5, 5.41) is 8.94. The maximum atomic E-state index is 11.1. The summed E-state index contributed by atoms with van der Waals surface area (Å²) in [6.45, 7) is 0. The number of rotatable bonds is 3. The van der Waals surface area contributed by atoms with Crippen LogP contribution in [0, 0.1) is 0 Å². The van der Waals surface area contributed by atoms with Crippen LogP contribution in [0.1, 0.15) is 29.2 Å². The molecule has 2 aromatic rings. The van der Waals surface area contributed by atoms with E-state index < -0.39 is 0 Å². The van der Waals surface area contributed by atoms with E-state index in [1.807, 2.05) is 13.1 Å². The average Bonchev–Trinajstić information content (AvgIpc) is 2.98. The zero-order valence-corrected chi connectivity index (χ0v) is 10.1. The van der Waals surface area contributed by atoms with Crippen LogP contribution in [-0.2, 0) is 7.05 Å². The summed E-state index contributed by atoms with van der Waals surface area (Å²) in [7, 11) is 1.81. The summed E-state index contributed by atoms with van der Waals surface area (Å²) >= 11 is 6.17. The quantitative estimate of drug-likeness (QED) is 0.784. The van der Waals surface area contributed by atoms with Gasteiger partial charge in [-0.1, -0.05) is 11.6 Å². The predicted molar refractivity (Wildman–Crippen MR) is 63.1 cm³/mol. The molecule has 0 spiro atoms. The molecule has 0 bridgehead atoms. The fourth-order valence-electron chi connectivity index (χ4n) is 1.89. The van der Waals surface area contributed by atoms with E-state index in [2.05, 4.69) is 10.2 Å². The number of hydrogen-bond donors (Lipinski definition) is 0. The maximum Gasteiger partial charge on any atom is 0.155 e. The molecular weight excluding hydrogens is 240 g/mol. The van der Waals surface area contributed by atoms with Gasteiger partial charge in [0, 0.05) is 13.2 Å². The molecule has 0 saturated heterocycles. The van der Waals surface area contributed by atoms with Crippen molar-refractivity contribution in [3.8, 4) is 11.4 Å². The molecule has 2 heterocycles. The van der Waals surface area contributed by atoms with E-state index in [0.29, 0.717) is 22.5 Å². The third-order valence-electron chi connectivity index (χ3n) is 2.96. The first-order valence-electron chi connectivity index (χ1n) is 5.44. The second kappa shape index (κ2) is 3.70. The summed E-state index contributed by atoms with van der Waals surface area (Å²) in [6.07, 6.45) is 4.58. The first-order chi connectivity index (χ1) is 8.22. The Morgan fingerprint density at radius 3 is 2.82 bits per heavy atom. The Labute approximate surface area is 103 Å². The summed E-state index contributed by atoms with van der Waals surface area (Å²) in [4.78, 5) is 11.1. The molecule has 0 aromatic carbocycles. The fourth-order valence-corrected chi connectivity index (χ4v) is 2.20. The zero-order chi connectivity index (χ0) is 12.0. The zero-order valence-electron chi connectivity index (χ0n) is 9.30. The molecule has 0 atom stereocenters. The number of nitrogens with zero attached hydrogens (tertiary/aromatic N) is 4. The van der Waals surface area contributed by atoms with E-state index >= 15 is 0 Å². The molecule has 0 radical (unpaired) electrons. The summed E-state index contributed by atoms with van der Waals surface area (Å²) in [6, 6.07) is 2.17. The first-order valence-corrected chi connectivity index (χ1v) is 5.81. The van der Waals surface area contributed by atoms with Crippen molar-refractivity contribution >= 4 is 17.9 Å². The Morgan fingerprint density at radius 2 is 2.29 bits per heavy atom. The molecule has 1 aliphatic carbocycles. The predicted octanol–water partition coefficient (Wildman–Crippen LogP) is 2.08. The Kier molecular flexibility index (Phi) is 2.29. The topological polar surface area (TPSA) is 52.7 Å². The van der Waals surface area contributed by atoms with Crippen LogP contribution in [0.25, 0.3) is 11.4 Å². The van der Waals surface area contributed by atoms with Crippen LogP contribution in [0.5, 0.6) is 0 Å². The SMILES string of the molecule is Cn1nccc1-c1nn(C2CC2)c(Cl)c1C=O. The normalized spacial score (nSPS) is 15.2. The smallest absolute Gasteiger partial charge is 0.155 e. The van der Waals surface area contributed by atoms with Gasteiger partial charge in [0.15, 0.2) is 6.29 Å². The molecule has 1 saturated carbocycles. The molecule has 0 unspecified atom stereocenters. The molecule has 5 nitrogen and oxygen atoms in total. The van der Waals surface area contributed by atoms with Gasteiger partial charge in [-0.2, -0.15) is 10.2 Å². The number of aryl methyl sites for hydroxylation is 1. The molecule has 88 valence electrons. The lowest BCUT2D eigenvalue weighted by molar-refractivity contribution is 0.112. The Morgan fingerprint density at radius 1 is 1.53 bits per heavy atom. The Balaban J connectivity index is 2.19. The maximum absolute atomic E-state index is 11.1. The van der Waals surface area contributed by atoms with E-state index in [0.717, 1.165) is 24.8 Å². The molecule has 6 heteroatoms. The highest BCUT2D eigenvalue weighted by atomic mass is 35.5. The van der Waals surface area contributed by atoms with Gasteiger partial charge in [-0.25, -0.2) is 4.68 Å². The highest BCUT2D eigenvalue weighted by Crippen LogP contribution is 2.39. The molecule has 1 fully saturated rings. The highest BCUT2D eigenvalue weighted by molar-refractivity contribution is 6.32. The first kappa shape index (κ1) is 10.5. The monoisotopic (exact) mass is 250 g/mol. The number of carbonyl (C=O) groups excluding carboxylic acids is 1. The molecular formula is C11H11ClN4O. The molecule has 0 aliphatic heterocycles. The van der Waals surface area contributed by atoms with Crippen LogP contribution in [0.15, 0.2) is 12.3 Å². The number of halogens is 1. The van der Waals surface area contributed by atoms with Crippen LogP contribution in [0.2, 0.25) is 5.15 Å². The van der Waals surface area contributed by atoms with Gasteiger partial charge >= 0.3 is 0 Å². The van der Waals surface area contributed by atoms with Gasteiger partial charge in [-0.3, -0.25) is 9.48 Å². The van der Waals surface area contributed by atoms with E-state index in [4.69, 9.17) is 11.6 Å². The van der Waals surface area contributed by atoms with Crippen molar-refractivity contribution in [2.45, 2.75) is 18.9 Å². The minimum Gasteiger partial charge on any atom is -0.298 e. The van der Waals surface area contributed by atoms with Crippen LogP contribution < -0.4 is 0 Å². The lowest BCUT2D eigenvalue weighted by Gasteiger charge is -1.98. The minimum absolute atomic E-state index is 0.350. The van der Waals surface area contributed by atoms with Crippen molar-refractivity contribution in [3.05, 3.63) is 23.0 Å². The van der Waals surface area contributed by atoms with Crippen LogP contribution in [-0.4, -0.2) is 25.8 Å².